The van der Waals surface area contributed by atoms with Crippen LogP contribution >= 0.6 is 0 Å². The van der Waals surface area contributed by atoms with Gasteiger partial charge in [0.25, 0.3) is 0 Å². The third-order valence-electron chi connectivity index (χ3n) is 3.67. The van der Waals surface area contributed by atoms with Gasteiger partial charge in [0.05, 0.1) is 24.2 Å². The topological polar surface area (TPSA) is 87.5 Å². The Hall–Kier alpha value is -1.45. The number of nitrogens with one attached hydrogen (secondary N) is 1. The molecule has 2 rings (SSSR count). The van der Waals surface area contributed by atoms with Gasteiger partial charge in [-0.05, 0) is 19.9 Å². The fourth-order valence-electron chi connectivity index (χ4n) is 2.55. The lowest BCUT2D eigenvalue weighted by Gasteiger charge is -2.20. The molecule has 1 amide bonds. The fourth-order valence-corrected chi connectivity index (χ4v) is 3.43. The molecule has 0 atom stereocenters. The molecule has 0 aliphatic carbocycles. The van der Waals surface area contributed by atoms with Gasteiger partial charge >= 0.3 is 0 Å². The molecule has 1 saturated heterocycles. The Morgan fingerprint density at radius 1 is 1.32 bits per heavy atom. The van der Waals surface area contributed by atoms with Crippen LogP contribution in [0.2, 0.25) is 0 Å². The van der Waals surface area contributed by atoms with Crippen molar-refractivity contribution in [3.05, 3.63) is 11.9 Å². The average molecular weight is 329 g/mol. The molecule has 1 fully saturated rings. The molecule has 22 heavy (non-hydrogen) atoms. The van der Waals surface area contributed by atoms with Crippen molar-refractivity contribution >= 4 is 21.6 Å². The molecule has 1 aromatic heterocycles. The SMILES string of the molecule is Cc1nn(C)cc1NC(=O)CN1CCCN(S(C)(=O)=O)CC1. The summed E-state index contributed by atoms with van der Waals surface area (Å²) >= 11 is 0. The van der Waals surface area contributed by atoms with Crippen LogP contribution in [-0.2, 0) is 21.9 Å². The number of nitrogens with zero attached hydrogens (tertiary/aromatic N) is 4. The monoisotopic (exact) mass is 329 g/mol. The molecule has 1 N–H and O–H groups in total. The van der Waals surface area contributed by atoms with E-state index in [4.69, 9.17) is 0 Å². The second-order valence-electron chi connectivity index (χ2n) is 5.64. The highest BCUT2D eigenvalue weighted by atomic mass is 32.2. The van der Waals surface area contributed by atoms with Gasteiger partial charge in [-0.2, -0.15) is 5.10 Å². The first-order valence-electron chi connectivity index (χ1n) is 7.23. The molecule has 1 aromatic rings. The van der Waals surface area contributed by atoms with E-state index >= 15 is 0 Å². The molecule has 0 saturated carbocycles. The first-order chi connectivity index (χ1) is 10.3. The smallest absolute Gasteiger partial charge is 0.238 e. The second kappa shape index (κ2) is 6.76. The zero-order valence-electron chi connectivity index (χ0n) is 13.2. The van der Waals surface area contributed by atoms with Gasteiger partial charge in [-0.3, -0.25) is 14.4 Å². The van der Waals surface area contributed by atoms with Gasteiger partial charge < -0.3 is 5.32 Å². The quantitative estimate of drug-likeness (QED) is 0.815. The summed E-state index contributed by atoms with van der Waals surface area (Å²) in [6.07, 6.45) is 3.72. The lowest BCUT2D eigenvalue weighted by atomic mass is 10.3. The molecule has 0 aromatic carbocycles. The maximum Gasteiger partial charge on any atom is 0.238 e. The number of rotatable bonds is 4. The van der Waals surface area contributed by atoms with Crippen molar-refractivity contribution in [2.24, 2.45) is 7.05 Å². The Bertz CT molecular complexity index is 640. The summed E-state index contributed by atoms with van der Waals surface area (Å²) < 4.78 is 26.3. The number of aromatic nitrogens is 2. The van der Waals surface area contributed by atoms with E-state index in [1.807, 2.05) is 11.8 Å². The molecular formula is C13H23N5O3S. The Balaban J connectivity index is 1.88. The van der Waals surface area contributed by atoms with Gasteiger partial charge in [0, 0.05) is 32.9 Å². The standard InChI is InChI=1S/C13H23N5O3S/c1-11-12(9-16(2)15-11)14-13(19)10-17-5-4-6-18(8-7-17)22(3,20)21/h9H,4-8,10H2,1-3H3,(H,14,19). The van der Waals surface area contributed by atoms with E-state index in [1.54, 1.807) is 17.9 Å². The molecule has 0 radical (unpaired) electrons. The second-order valence-corrected chi connectivity index (χ2v) is 7.62. The van der Waals surface area contributed by atoms with Crippen LogP contribution in [0.4, 0.5) is 5.69 Å². The van der Waals surface area contributed by atoms with Crippen LogP contribution < -0.4 is 5.32 Å². The molecule has 0 spiro atoms. The van der Waals surface area contributed by atoms with Gasteiger partial charge in [-0.15, -0.1) is 0 Å². The zero-order valence-corrected chi connectivity index (χ0v) is 14.1. The molecular weight excluding hydrogens is 306 g/mol. The first-order valence-corrected chi connectivity index (χ1v) is 9.08. The van der Waals surface area contributed by atoms with E-state index in [0.29, 0.717) is 31.9 Å². The molecule has 2 heterocycles. The maximum absolute atomic E-state index is 12.1. The number of anilines is 1. The third-order valence-corrected chi connectivity index (χ3v) is 4.97. The summed E-state index contributed by atoms with van der Waals surface area (Å²) in [4.78, 5) is 14.1. The Kier molecular flexibility index (Phi) is 5.20. The van der Waals surface area contributed by atoms with Crippen molar-refractivity contribution in [2.75, 3.05) is 44.3 Å². The maximum atomic E-state index is 12.1. The molecule has 9 heteroatoms. The molecule has 1 aliphatic heterocycles. The average Bonchev–Trinajstić information content (AvgIpc) is 2.61. The van der Waals surface area contributed by atoms with E-state index in [2.05, 4.69) is 10.4 Å². The highest BCUT2D eigenvalue weighted by molar-refractivity contribution is 7.88. The van der Waals surface area contributed by atoms with Gasteiger partial charge in [-0.1, -0.05) is 0 Å². The van der Waals surface area contributed by atoms with Crippen molar-refractivity contribution in [1.82, 2.24) is 19.0 Å². The van der Waals surface area contributed by atoms with Crippen molar-refractivity contribution < 1.29 is 13.2 Å². The zero-order chi connectivity index (χ0) is 16.3. The van der Waals surface area contributed by atoms with Gasteiger partial charge in [0.2, 0.25) is 15.9 Å². The van der Waals surface area contributed by atoms with Crippen LogP contribution in [0.1, 0.15) is 12.1 Å². The normalized spacial score (nSPS) is 18.1. The summed E-state index contributed by atoms with van der Waals surface area (Å²) in [6.45, 7) is 4.31. The van der Waals surface area contributed by atoms with Crippen molar-refractivity contribution in [2.45, 2.75) is 13.3 Å². The first kappa shape index (κ1) is 16.9. The van der Waals surface area contributed by atoms with Crippen LogP contribution in [0, 0.1) is 6.92 Å². The summed E-state index contributed by atoms with van der Waals surface area (Å²) in [5.74, 6) is -0.107. The van der Waals surface area contributed by atoms with Gasteiger partial charge in [0.1, 0.15) is 0 Å². The Morgan fingerprint density at radius 3 is 2.64 bits per heavy atom. The summed E-state index contributed by atoms with van der Waals surface area (Å²) in [5.41, 5.74) is 1.48. The minimum Gasteiger partial charge on any atom is -0.322 e. The lowest BCUT2D eigenvalue weighted by molar-refractivity contribution is -0.117. The summed E-state index contributed by atoms with van der Waals surface area (Å²) in [7, 11) is -1.35. The van der Waals surface area contributed by atoms with Gasteiger partial charge in [0.15, 0.2) is 0 Å². The Morgan fingerprint density at radius 2 is 2.05 bits per heavy atom. The van der Waals surface area contributed by atoms with E-state index in [0.717, 1.165) is 12.1 Å². The van der Waals surface area contributed by atoms with E-state index < -0.39 is 10.0 Å². The number of sulfonamides is 1. The summed E-state index contributed by atoms with van der Waals surface area (Å²) in [5, 5.41) is 7.02. The van der Waals surface area contributed by atoms with Crippen LogP contribution in [-0.4, -0.2) is 72.3 Å². The number of hydrogen-bond donors (Lipinski definition) is 1. The predicted molar refractivity (Wildman–Crippen MR) is 84.0 cm³/mol. The van der Waals surface area contributed by atoms with Crippen molar-refractivity contribution in [1.29, 1.82) is 0 Å². The van der Waals surface area contributed by atoms with E-state index in [9.17, 15) is 13.2 Å². The lowest BCUT2D eigenvalue weighted by Crippen LogP contribution is -2.37. The van der Waals surface area contributed by atoms with Crippen LogP contribution in [0.5, 0.6) is 0 Å². The number of hydrogen-bond acceptors (Lipinski definition) is 5. The fraction of sp³-hybridized carbons (Fsp3) is 0.692. The third kappa shape index (κ3) is 4.52. The number of amides is 1. The molecule has 1 aliphatic rings. The molecule has 124 valence electrons. The Labute approximate surface area is 131 Å². The summed E-state index contributed by atoms with van der Waals surface area (Å²) in [6, 6.07) is 0. The van der Waals surface area contributed by atoms with Crippen LogP contribution in [0.15, 0.2) is 6.20 Å². The van der Waals surface area contributed by atoms with E-state index in [1.165, 1.54) is 10.6 Å². The van der Waals surface area contributed by atoms with E-state index in [-0.39, 0.29) is 12.5 Å². The van der Waals surface area contributed by atoms with Crippen molar-refractivity contribution in [3.63, 3.8) is 0 Å². The minimum atomic E-state index is -3.16. The minimum absolute atomic E-state index is 0.107. The number of carbonyl (C=O) groups excluding carboxylic acids is 1. The molecule has 0 bridgehead atoms. The van der Waals surface area contributed by atoms with Crippen LogP contribution in [0.3, 0.4) is 0 Å². The largest absolute Gasteiger partial charge is 0.322 e. The van der Waals surface area contributed by atoms with Crippen molar-refractivity contribution in [3.8, 4) is 0 Å². The van der Waals surface area contributed by atoms with Crippen LogP contribution in [0.25, 0.3) is 0 Å². The highest BCUT2D eigenvalue weighted by Crippen LogP contribution is 2.12. The number of carbonyl (C=O) groups is 1. The highest BCUT2D eigenvalue weighted by Gasteiger charge is 2.22. The van der Waals surface area contributed by atoms with Gasteiger partial charge in [-0.25, -0.2) is 12.7 Å². The predicted octanol–water partition coefficient (Wildman–Crippen LogP) is -0.366. The number of aryl methyl sites for hydroxylation is 2. The molecule has 8 nitrogen and oxygen atoms in total. The molecule has 0 unspecified atom stereocenters.